The third-order valence-corrected chi connectivity index (χ3v) is 8.55. The van der Waals surface area contributed by atoms with Crippen molar-refractivity contribution in [3.05, 3.63) is 48.4 Å². The van der Waals surface area contributed by atoms with Gasteiger partial charge in [0.1, 0.15) is 10.4 Å². The molecule has 5 heterocycles. The van der Waals surface area contributed by atoms with Gasteiger partial charge in [-0.1, -0.05) is 5.16 Å². The van der Waals surface area contributed by atoms with Crippen LogP contribution in [0.2, 0.25) is 0 Å². The monoisotopic (exact) mass is 428 g/mol. The number of hydrogen-bond acceptors (Lipinski definition) is 8. The first kappa shape index (κ1) is 18.9. The Hall–Kier alpha value is -3.08. The predicted molar refractivity (Wildman–Crippen MR) is 105 cm³/mol. The Bertz CT molecular complexity index is 1200. The van der Waals surface area contributed by atoms with E-state index >= 15 is 0 Å². The predicted octanol–water partition coefficient (Wildman–Crippen LogP) is 1.14. The molecule has 3 aromatic rings. The van der Waals surface area contributed by atoms with Crippen LogP contribution in [0, 0.1) is 0 Å². The highest BCUT2D eigenvalue weighted by Crippen LogP contribution is 2.49. The van der Waals surface area contributed by atoms with Gasteiger partial charge in [0.15, 0.2) is 9.84 Å². The van der Waals surface area contributed by atoms with Crippen LogP contribution in [0.5, 0.6) is 0 Å². The first-order chi connectivity index (χ1) is 14.4. The van der Waals surface area contributed by atoms with Crippen LogP contribution in [-0.2, 0) is 16.4 Å². The van der Waals surface area contributed by atoms with Crippen LogP contribution < -0.4 is 0 Å². The smallest absolute Gasteiger partial charge is 0.274 e. The Labute approximate surface area is 172 Å². The molecule has 3 aromatic heterocycles. The molecule has 1 atom stereocenters. The third kappa shape index (κ3) is 2.76. The summed E-state index contributed by atoms with van der Waals surface area (Å²) in [4.78, 5) is 22.7. The Morgan fingerprint density at radius 3 is 2.73 bits per heavy atom. The van der Waals surface area contributed by atoms with Crippen LogP contribution in [0.15, 0.2) is 41.3 Å². The maximum atomic E-state index is 12.9. The number of carbonyl (C=O) groups excluding carboxylic acids is 1. The Kier molecular flexibility index (Phi) is 4.24. The number of likely N-dealkylation sites (tertiary alicyclic amines) is 1. The number of aromatic nitrogens is 5. The fourth-order valence-corrected chi connectivity index (χ4v) is 6.58. The number of sulfone groups is 1. The van der Waals surface area contributed by atoms with Crippen LogP contribution in [-0.4, -0.2) is 67.7 Å². The van der Waals surface area contributed by atoms with Crippen LogP contribution >= 0.6 is 0 Å². The largest absolute Gasteiger partial charge is 0.339 e. The van der Waals surface area contributed by atoms with Gasteiger partial charge in [0.25, 0.3) is 5.91 Å². The fourth-order valence-electron chi connectivity index (χ4n) is 4.27. The summed E-state index contributed by atoms with van der Waals surface area (Å²) in [5, 5.41) is 8.24. The highest BCUT2D eigenvalue weighted by molar-refractivity contribution is 7.93. The lowest BCUT2D eigenvalue weighted by Crippen LogP contribution is -2.67. The number of rotatable bonds is 4. The van der Waals surface area contributed by atoms with Crippen molar-refractivity contribution in [1.82, 2.24) is 29.8 Å². The average molecular weight is 428 g/mol. The molecule has 156 valence electrons. The Balaban J connectivity index is 1.40. The molecule has 1 unspecified atom stereocenters. The molecule has 0 bridgehead atoms. The van der Waals surface area contributed by atoms with E-state index in [-0.39, 0.29) is 24.7 Å². The summed E-state index contributed by atoms with van der Waals surface area (Å²) in [6, 6.07) is 5.17. The maximum Gasteiger partial charge on any atom is 0.274 e. The molecule has 1 amide bonds. The number of nitrogens with zero attached hydrogens (tertiary/aromatic N) is 6. The summed E-state index contributed by atoms with van der Waals surface area (Å²) in [5.41, 5.74) is 1.06. The van der Waals surface area contributed by atoms with Crippen molar-refractivity contribution in [1.29, 1.82) is 0 Å². The van der Waals surface area contributed by atoms with E-state index in [1.54, 1.807) is 41.5 Å². The minimum atomic E-state index is -3.41. The molecule has 0 radical (unpaired) electrons. The molecule has 2 saturated heterocycles. The average Bonchev–Trinajstić information content (AvgIpc) is 3.44. The van der Waals surface area contributed by atoms with Crippen LogP contribution in [0.4, 0.5) is 0 Å². The van der Waals surface area contributed by atoms with E-state index in [1.807, 2.05) is 6.92 Å². The van der Waals surface area contributed by atoms with E-state index in [0.717, 1.165) is 5.56 Å². The van der Waals surface area contributed by atoms with Gasteiger partial charge in [-0.2, -0.15) is 10.1 Å². The molecular weight excluding hydrogens is 408 g/mol. The third-order valence-electron chi connectivity index (χ3n) is 6.00. The molecule has 30 heavy (non-hydrogen) atoms. The van der Waals surface area contributed by atoms with Crippen molar-refractivity contribution >= 4 is 15.7 Å². The first-order valence-corrected chi connectivity index (χ1v) is 11.4. The van der Waals surface area contributed by atoms with E-state index in [4.69, 9.17) is 4.52 Å². The van der Waals surface area contributed by atoms with Gasteiger partial charge in [-0.25, -0.2) is 8.42 Å². The van der Waals surface area contributed by atoms with Crippen molar-refractivity contribution in [3.8, 4) is 11.4 Å². The summed E-state index contributed by atoms with van der Waals surface area (Å²) in [6.45, 7) is 2.79. The molecule has 10 nitrogen and oxygen atoms in total. The van der Waals surface area contributed by atoms with Gasteiger partial charge in [0, 0.05) is 43.8 Å². The van der Waals surface area contributed by atoms with Gasteiger partial charge in [-0.15, -0.1) is 0 Å². The van der Waals surface area contributed by atoms with Crippen LogP contribution in [0.3, 0.4) is 0 Å². The lowest BCUT2D eigenvalue weighted by molar-refractivity contribution is 0.0497. The Morgan fingerprint density at radius 1 is 1.27 bits per heavy atom. The second kappa shape index (κ2) is 6.73. The highest BCUT2D eigenvalue weighted by Gasteiger charge is 2.64. The first-order valence-electron chi connectivity index (χ1n) is 9.72. The normalized spacial score (nSPS) is 21.6. The molecule has 0 aromatic carbocycles. The SMILES string of the molecule is CCn1ccc(C(=O)N2CC3(C2)C(c2nc(-c4ccncc4)no2)CCS3(=O)=O)n1. The van der Waals surface area contributed by atoms with Gasteiger partial charge < -0.3 is 9.42 Å². The molecule has 5 rings (SSSR count). The van der Waals surface area contributed by atoms with Crippen molar-refractivity contribution in [2.24, 2.45) is 0 Å². The molecule has 2 fully saturated rings. The molecule has 2 aliphatic heterocycles. The van der Waals surface area contributed by atoms with Crippen molar-refractivity contribution in [2.75, 3.05) is 18.8 Å². The summed E-state index contributed by atoms with van der Waals surface area (Å²) >= 11 is 0. The molecule has 1 spiro atoms. The van der Waals surface area contributed by atoms with Gasteiger partial charge in [-0.05, 0) is 31.5 Å². The zero-order valence-corrected chi connectivity index (χ0v) is 17.1. The number of aryl methyl sites for hydroxylation is 1. The summed E-state index contributed by atoms with van der Waals surface area (Å²) in [7, 11) is -3.41. The quantitative estimate of drug-likeness (QED) is 0.606. The summed E-state index contributed by atoms with van der Waals surface area (Å²) < 4.78 is 31.9. The lowest BCUT2D eigenvalue weighted by Gasteiger charge is -2.48. The molecule has 0 saturated carbocycles. The fraction of sp³-hybridized carbons (Fsp3) is 0.421. The number of amides is 1. The van der Waals surface area contributed by atoms with Crippen molar-refractivity contribution in [3.63, 3.8) is 0 Å². The molecule has 0 N–H and O–H groups in total. The van der Waals surface area contributed by atoms with Crippen LogP contribution in [0.25, 0.3) is 11.4 Å². The van der Waals surface area contributed by atoms with E-state index in [1.165, 1.54) is 4.90 Å². The lowest BCUT2D eigenvalue weighted by atomic mass is 9.83. The number of hydrogen-bond donors (Lipinski definition) is 0. The number of carbonyl (C=O) groups is 1. The van der Waals surface area contributed by atoms with Gasteiger partial charge in [-0.3, -0.25) is 14.5 Å². The topological polar surface area (TPSA) is 124 Å². The molecule has 11 heteroatoms. The summed E-state index contributed by atoms with van der Waals surface area (Å²) in [5.74, 6) is 0.0193. The van der Waals surface area contributed by atoms with E-state index in [0.29, 0.717) is 30.4 Å². The Morgan fingerprint density at radius 2 is 2.03 bits per heavy atom. The standard InChI is InChI=1S/C19H20N6O4S/c1-2-25-9-5-15(22-25)18(26)24-11-19(12-24)14(6-10-30(19,27)28)17-21-16(23-29-17)13-3-7-20-8-4-13/h3-5,7-9,14H,2,6,10-12H2,1H3. The minimum absolute atomic E-state index is 0.0388. The minimum Gasteiger partial charge on any atom is -0.339 e. The van der Waals surface area contributed by atoms with Gasteiger partial charge in [0.05, 0.1) is 11.7 Å². The molecular formula is C19H20N6O4S. The second-order valence-corrected chi connectivity index (χ2v) is 10.1. The maximum absolute atomic E-state index is 12.9. The zero-order valence-electron chi connectivity index (χ0n) is 16.3. The second-order valence-electron chi connectivity index (χ2n) is 7.63. The van der Waals surface area contributed by atoms with Crippen molar-refractivity contribution < 1.29 is 17.7 Å². The van der Waals surface area contributed by atoms with Gasteiger partial charge in [0.2, 0.25) is 11.7 Å². The van der Waals surface area contributed by atoms with E-state index < -0.39 is 20.5 Å². The highest BCUT2D eigenvalue weighted by atomic mass is 32.2. The van der Waals surface area contributed by atoms with Crippen LogP contribution in [0.1, 0.15) is 35.6 Å². The molecule has 0 aliphatic carbocycles. The van der Waals surface area contributed by atoms with E-state index in [9.17, 15) is 13.2 Å². The van der Waals surface area contributed by atoms with Gasteiger partial charge >= 0.3 is 0 Å². The zero-order chi connectivity index (χ0) is 20.9. The molecule has 2 aliphatic rings. The summed E-state index contributed by atoms with van der Waals surface area (Å²) in [6.07, 6.45) is 5.38. The number of pyridine rings is 1. The van der Waals surface area contributed by atoms with Crippen molar-refractivity contribution in [2.45, 2.75) is 30.6 Å². The van der Waals surface area contributed by atoms with E-state index in [2.05, 4.69) is 20.2 Å².